The first-order valence-corrected chi connectivity index (χ1v) is 8.80. The lowest BCUT2D eigenvalue weighted by Gasteiger charge is -2.28. The molecule has 0 aliphatic carbocycles. The first-order chi connectivity index (χ1) is 9.61. The van der Waals surface area contributed by atoms with Crippen molar-refractivity contribution in [1.82, 2.24) is 9.29 Å². The first-order valence-electron chi connectivity index (χ1n) is 6.54. The van der Waals surface area contributed by atoms with Crippen LogP contribution in [0.4, 0.5) is 0 Å². The van der Waals surface area contributed by atoms with Gasteiger partial charge in [0.2, 0.25) is 0 Å². The quantitative estimate of drug-likeness (QED) is 0.849. The van der Waals surface area contributed by atoms with E-state index in [1.165, 1.54) is 11.2 Å². The third kappa shape index (κ3) is 2.53. The van der Waals surface area contributed by atoms with Crippen LogP contribution in [0.15, 0.2) is 9.00 Å². The molecule has 9 heteroatoms. The van der Waals surface area contributed by atoms with Crippen LogP contribution in [0.2, 0.25) is 0 Å². The highest BCUT2D eigenvalue weighted by Crippen LogP contribution is 2.40. The van der Waals surface area contributed by atoms with E-state index in [1.54, 1.807) is 13.8 Å². The summed E-state index contributed by atoms with van der Waals surface area (Å²) in [6, 6.07) is 0. The van der Waals surface area contributed by atoms with Gasteiger partial charge in [0, 0.05) is 18.8 Å². The normalized spacial score (nSPS) is 23.8. The molecule has 118 valence electrons. The van der Waals surface area contributed by atoms with Gasteiger partial charge in [-0.2, -0.15) is 4.31 Å². The fourth-order valence-corrected chi connectivity index (χ4v) is 5.59. The van der Waals surface area contributed by atoms with Crippen LogP contribution in [0.1, 0.15) is 26.0 Å². The molecule has 1 atom stereocenters. The molecule has 0 amide bonds. The summed E-state index contributed by atoms with van der Waals surface area (Å²) < 4.78 is 26.3. The number of rotatable bonds is 4. The molecule has 2 heterocycles. The Balaban J connectivity index is 2.39. The second kappa shape index (κ2) is 5.22. The van der Waals surface area contributed by atoms with Gasteiger partial charge in [-0.3, -0.25) is 9.59 Å². The lowest BCUT2D eigenvalue weighted by molar-refractivity contribution is -0.150. The van der Waals surface area contributed by atoms with E-state index in [2.05, 4.69) is 4.98 Å². The molecule has 1 unspecified atom stereocenters. The molecule has 21 heavy (non-hydrogen) atoms. The van der Waals surface area contributed by atoms with Crippen LogP contribution in [0.3, 0.4) is 0 Å². The number of carboxylic acids is 1. The molecule has 7 nitrogen and oxygen atoms in total. The molecule has 1 aliphatic rings. The summed E-state index contributed by atoms with van der Waals surface area (Å²) in [4.78, 5) is 24.9. The second-order valence-electron chi connectivity index (χ2n) is 5.63. The number of aromatic amines is 1. The zero-order valence-electron chi connectivity index (χ0n) is 12.0. The molecule has 1 aromatic heterocycles. The fourth-order valence-electron chi connectivity index (χ4n) is 2.65. The van der Waals surface area contributed by atoms with Crippen LogP contribution in [0, 0.1) is 18.3 Å². The molecule has 1 aromatic rings. The van der Waals surface area contributed by atoms with Gasteiger partial charge in [-0.1, -0.05) is 25.2 Å². The van der Waals surface area contributed by atoms with Crippen molar-refractivity contribution in [3.8, 4) is 0 Å². The Morgan fingerprint density at radius 3 is 2.48 bits per heavy atom. The Kier molecular flexibility index (Phi) is 4.02. The Labute approximate surface area is 126 Å². The van der Waals surface area contributed by atoms with Crippen molar-refractivity contribution >= 4 is 27.3 Å². The zero-order valence-corrected chi connectivity index (χ0v) is 13.7. The summed E-state index contributed by atoms with van der Waals surface area (Å²) in [6.45, 7) is 5.17. The van der Waals surface area contributed by atoms with E-state index in [0.29, 0.717) is 17.0 Å². The first kappa shape index (κ1) is 16.2. The van der Waals surface area contributed by atoms with Crippen LogP contribution < -0.4 is 4.87 Å². The molecule has 0 aromatic carbocycles. The largest absolute Gasteiger partial charge is 0.481 e. The maximum Gasteiger partial charge on any atom is 0.311 e. The lowest BCUT2D eigenvalue weighted by atomic mass is 9.77. The molecule has 0 bridgehead atoms. The van der Waals surface area contributed by atoms with E-state index < -0.39 is 26.3 Å². The number of hydrogen-bond donors (Lipinski definition) is 2. The molecule has 0 spiro atoms. The molecule has 1 fully saturated rings. The number of nitrogens with zero attached hydrogens (tertiary/aromatic N) is 1. The predicted molar refractivity (Wildman–Crippen MR) is 78.0 cm³/mol. The summed E-state index contributed by atoms with van der Waals surface area (Å²) in [7, 11) is -3.83. The minimum Gasteiger partial charge on any atom is -0.481 e. The van der Waals surface area contributed by atoms with Crippen molar-refractivity contribution in [3.63, 3.8) is 0 Å². The average Bonchev–Trinajstić information content (AvgIpc) is 2.94. The van der Waals surface area contributed by atoms with E-state index in [-0.39, 0.29) is 29.6 Å². The van der Waals surface area contributed by atoms with Crippen LogP contribution in [0.25, 0.3) is 0 Å². The SMILES string of the molecule is Cc1[nH]c(=O)sc1S(=O)(=O)N1CCC(C(=O)O)(C(C)C)C1. The highest BCUT2D eigenvalue weighted by atomic mass is 32.2. The Morgan fingerprint density at radius 1 is 1.48 bits per heavy atom. The molecule has 1 aliphatic heterocycles. The third-order valence-corrected chi connectivity index (χ3v) is 7.58. The minimum absolute atomic E-state index is 0.0301. The Morgan fingerprint density at radius 2 is 2.10 bits per heavy atom. The van der Waals surface area contributed by atoms with Crippen LogP contribution in [-0.4, -0.2) is 41.9 Å². The Bertz CT molecular complexity index is 718. The number of thiazole rings is 1. The third-order valence-electron chi connectivity index (χ3n) is 4.15. The number of nitrogens with one attached hydrogen (secondary N) is 1. The standard InChI is InChI=1S/C12H18N2O5S2/c1-7(2)12(10(15)16)4-5-14(6-12)21(18,19)9-8(3)13-11(17)20-9/h7H,4-6H2,1-3H3,(H,13,17)(H,15,16). The van der Waals surface area contributed by atoms with E-state index in [0.717, 1.165) is 0 Å². The molecule has 0 saturated carbocycles. The fraction of sp³-hybridized carbons (Fsp3) is 0.667. The van der Waals surface area contributed by atoms with Gasteiger partial charge < -0.3 is 10.1 Å². The predicted octanol–water partition coefficient (Wildman–Crippen LogP) is 0.866. The highest BCUT2D eigenvalue weighted by molar-refractivity contribution is 7.91. The molecule has 2 rings (SSSR count). The molecule has 0 radical (unpaired) electrons. The van der Waals surface area contributed by atoms with Crippen molar-refractivity contribution in [1.29, 1.82) is 0 Å². The topological polar surface area (TPSA) is 108 Å². The van der Waals surface area contributed by atoms with Gasteiger partial charge >= 0.3 is 10.8 Å². The minimum atomic E-state index is -3.83. The summed E-state index contributed by atoms with van der Waals surface area (Å²) in [6.07, 6.45) is 0.275. The highest BCUT2D eigenvalue weighted by Gasteiger charge is 2.50. The maximum absolute atomic E-state index is 12.6. The summed E-state index contributed by atoms with van der Waals surface area (Å²) in [5.74, 6) is -1.16. The van der Waals surface area contributed by atoms with Gasteiger partial charge in [0.15, 0.2) is 4.21 Å². The summed E-state index contributed by atoms with van der Waals surface area (Å²) in [5, 5.41) is 9.47. The number of carboxylic acid groups (broad SMARTS) is 1. The number of hydrogen-bond acceptors (Lipinski definition) is 5. The number of sulfonamides is 1. The lowest BCUT2D eigenvalue weighted by Crippen LogP contribution is -2.40. The zero-order chi connectivity index (χ0) is 16.0. The van der Waals surface area contributed by atoms with Gasteiger partial charge in [-0.15, -0.1) is 0 Å². The van der Waals surface area contributed by atoms with Gasteiger partial charge in [-0.25, -0.2) is 8.42 Å². The number of aliphatic carboxylic acids is 1. The van der Waals surface area contributed by atoms with Crippen LogP contribution >= 0.6 is 11.3 Å². The van der Waals surface area contributed by atoms with Crippen molar-refractivity contribution in [2.75, 3.05) is 13.1 Å². The van der Waals surface area contributed by atoms with Crippen molar-refractivity contribution < 1.29 is 18.3 Å². The Hall–Kier alpha value is -1.19. The van der Waals surface area contributed by atoms with Crippen molar-refractivity contribution in [2.24, 2.45) is 11.3 Å². The van der Waals surface area contributed by atoms with Crippen molar-refractivity contribution in [2.45, 2.75) is 31.4 Å². The smallest absolute Gasteiger partial charge is 0.311 e. The van der Waals surface area contributed by atoms with E-state index in [1.807, 2.05) is 0 Å². The van der Waals surface area contributed by atoms with Gasteiger partial charge in [0.1, 0.15) is 0 Å². The number of H-pyrrole nitrogens is 1. The van der Waals surface area contributed by atoms with E-state index in [9.17, 15) is 23.1 Å². The van der Waals surface area contributed by atoms with Gasteiger partial charge in [0.25, 0.3) is 10.0 Å². The van der Waals surface area contributed by atoms with Crippen molar-refractivity contribution in [3.05, 3.63) is 15.4 Å². The number of carbonyl (C=O) groups is 1. The molecule has 1 saturated heterocycles. The van der Waals surface area contributed by atoms with Gasteiger partial charge in [-0.05, 0) is 19.3 Å². The van der Waals surface area contributed by atoms with Crippen LogP contribution in [0.5, 0.6) is 0 Å². The monoisotopic (exact) mass is 334 g/mol. The second-order valence-corrected chi connectivity index (χ2v) is 8.75. The van der Waals surface area contributed by atoms with Crippen LogP contribution in [-0.2, 0) is 14.8 Å². The van der Waals surface area contributed by atoms with E-state index >= 15 is 0 Å². The molecular weight excluding hydrogens is 316 g/mol. The molecular formula is C12H18N2O5S2. The van der Waals surface area contributed by atoms with Gasteiger partial charge in [0.05, 0.1) is 5.41 Å². The maximum atomic E-state index is 12.6. The number of aromatic nitrogens is 1. The summed E-state index contributed by atoms with van der Waals surface area (Å²) >= 11 is 0.637. The van der Waals surface area contributed by atoms with E-state index in [4.69, 9.17) is 0 Å². The average molecular weight is 334 g/mol. The molecule has 2 N–H and O–H groups in total. The summed E-state index contributed by atoms with van der Waals surface area (Å²) in [5.41, 5.74) is -0.773. The number of aryl methyl sites for hydroxylation is 1.